The minimum absolute atomic E-state index is 0.0419. The highest BCUT2D eigenvalue weighted by molar-refractivity contribution is 6.00. The molecule has 5 nitrogen and oxygen atoms in total. The van der Waals surface area contributed by atoms with Gasteiger partial charge in [-0.1, -0.05) is 24.3 Å². The van der Waals surface area contributed by atoms with Gasteiger partial charge in [-0.3, -0.25) is 10.1 Å². The summed E-state index contributed by atoms with van der Waals surface area (Å²) < 4.78 is 0. The molecule has 98 valence electrons. The van der Waals surface area contributed by atoms with Gasteiger partial charge in [-0.05, 0) is 23.8 Å². The number of nitrogens with zero attached hydrogens (tertiary/aromatic N) is 2. The first-order valence-corrected chi connectivity index (χ1v) is 5.99. The van der Waals surface area contributed by atoms with Crippen molar-refractivity contribution in [3.63, 3.8) is 0 Å². The zero-order valence-corrected chi connectivity index (χ0v) is 10.4. The van der Waals surface area contributed by atoms with Crippen molar-refractivity contribution in [1.29, 1.82) is 0 Å². The number of benzene rings is 2. The van der Waals surface area contributed by atoms with Crippen molar-refractivity contribution < 1.29 is 10.0 Å². The quantitative estimate of drug-likeness (QED) is 0.568. The molecule has 1 N–H and O–H groups in total. The first kappa shape index (κ1) is 12.1. The molecule has 0 aliphatic heterocycles. The van der Waals surface area contributed by atoms with Crippen LogP contribution in [-0.2, 0) is 0 Å². The molecule has 0 radical (unpaired) electrons. The number of pyridine rings is 1. The number of para-hydroxylation sites is 1. The number of nitro benzene ring substituents is 1. The summed E-state index contributed by atoms with van der Waals surface area (Å²) in [5, 5.41) is 21.6. The van der Waals surface area contributed by atoms with E-state index >= 15 is 0 Å². The van der Waals surface area contributed by atoms with Gasteiger partial charge >= 0.3 is 0 Å². The van der Waals surface area contributed by atoms with Crippen LogP contribution in [0.3, 0.4) is 0 Å². The van der Waals surface area contributed by atoms with Crippen LogP contribution in [0, 0.1) is 10.1 Å². The third-order valence-electron chi connectivity index (χ3n) is 3.14. The molecule has 0 spiro atoms. The van der Waals surface area contributed by atoms with Crippen LogP contribution in [0.1, 0.15) is 0 Å². The van der Waals surface area contributed by atoms with Gasteiger partial charge in [0.05, 0.1) is 4.92 Å². The van der Waals surface area contributed by atoms with Crippen LogP contribution in [0.15, 0.2) is 54.7 Å². The number of hydrogen-bond acceptors (Lipinski definition) is 4. The summed E-state index contributed by atoms with van der Waals surface area (Å²) in [4.78, 5) is 14.7. The van der Waals surface area contributed by atoms with Crippen molar-refractivity contribution in [2.75, 3.05) is 0 Å². The van der Waals surface area contributed by atoms with Crippen LogP contribution >= 0.6 is 0 Å². The summed E-state index contributed by atoms with van der Waals surface area (Å²) in [6.07, 6.45) is 1.52. The number of nitro groups is 1. The van der Waals surface area contributed by atoms with Crippen molar-refractivity contribution >= 4 is 16.6 Å². The molecular weight excluding hydrogens is 256 g/mol. The highest BCUT2D eigenvalue weighted by atomic mass is 16.6. The van der Waals surface area contributed by atoms with Crippen LogP contribution < -0.4 is 0 Å². The van der Waals surface area contributed by atoms with Gasteiger partial charge < -0.3 is 5.11 Å². The summed E-state index contributed by atoms with van der Waals surface area (Å²) in [5.41, 5.74) is 1.62. The van der Waals surface area contributed by atoms with Crippen LogP contribution in [-0.4, -0.2) is 15.0 Å². The maximum absolute atomic E-state index is 11.0. The predicted molar refractivity (Wildman–Crippen MR) is 75.5 cm³/mol. The Balaban J connectivity index is 2.37. The van der Waals surface area contributed by atoms with Gasteiger partial charge in [-0.15, -0.1) is 0 Å². The highest BCUT2D eigenvalue weighted by Gasteiger charge is 2.17. The zero-order chi connectivity index (χ0) is 14.1. The number of hydrogen-bond donors (Lipinski definition) is 1. The number of aromatic nitrogens is 1. The molecule has 5 heteroatoms. The van der Waals surface area contributed by atoms with E-state index in [1.807, 2.05) is 0 Å². The average Bonchev–Trinajstić information content (AvgIpc) is 2.46. The molecule has 0 aliphatic rings. The molecule has 2 aromatic carbocycles. The second-order valence-electron chi connectivity index (χ2n) is 4.31. The Labute approximate surface area is 114 Å². The van der Waals surface area contributed by atoms with Crippen LogP contribution in [0.2, 0.25) is 0 Å². The van der Waals surface area contributed by atoms with E-state index < -0.39 is 4.92 Å². The molecule has 20 heavy (non-hydrogen) atoms. The molecule has 0 unspecified atom stereocenters. The smallest absolute Gasteiger partial charge is 0.295 e. The van der Waals surface area contributed by atoms with E-state index in [4.69, 9.17) is 0 Å². The van der Waals surface area contributed by atoms with E-state index in [0.717, 1.165) is 5.56 Å². The molecule has 3 aromatic rings. The number of fused-ring (bicyclic) bond motifs is 1. The molecule has 0 saturated heterocycles. The lowest BCUT2D eigenvalue weighted by atomic mass is 9.99. The van der Waals surface area contributed by atoms with E-state index in [1.165, 1.54) is 12.3 Å². The molecular formula is C15H10N2O3. The molecule has 0 aliphatic carbocycles. The van der Waals surface area contributed by atoms with Crippen molar-refractivity contribution in [3.8, 4) is 16.9 Å². The fourth-order valence-corrected chi connectivity index (χ4v) is 2.24. The molecule has 0 saturated carbocycles. The van der Waals surface area contributed by atoms with Crippen LogP contribution in [0.5, 0.6) is 5.75 Å². The summed E-state index contributed by atoms with van der Waals surface area (Å²) in [5.74, 6) is 0.131. The Bertz CT molecular complexity index is 815. The summed E-state index contributed by atoms with van der Waals surface area (Å²) in [7, 11) is 0. The van der Waals surface area contributed by atoms with Gasteiger partial charge in [0.1, 0.15) is 11.3 Å². The topological polar surface area (TPSA) is 76.3 Å². The number of aromatic hydroxyl groups is 1. The largest absolute Gasteiger partial charge is 0.507 e. The van der Waals surface area contributed by atoms with Gasteiger partial charge in [0.25, 0.3) is 5.69 Å². The summed E-state index contributed by atoms with van der Waals surface area (Å²) in [6, 6.07) is 13.4. The molecule has 0 fully saturated rings. The van der Waals surface area contributed by atoms with Gasteiger partial charge in [0.2, 0.25) is 0 Å². The van der Waals surface area contributed by atoms with Gasteiger partial charge in [0.15, 0.2) is 0 Å². The van der Waals surface area contributed by atoms with Crippen molar-refractivity contribution in [2.45, 2.75) is 0 Å². The normalized spacial score (nSPS) is 10.6. The average molecular weight is 266 g/mol. The molecule has 1 heterocycles. The first-order chi connectivity index (χ1) is 9.68. The van der Waals surface area contributed by atoms with Crippen molar-refractivity contribution in [1.82, 2.24) is 4.98 Å². The van der Waals surface area contributed by atoms with Crippen molar-refractivity contribution in [2.24, 2.45) is 0 Å². The Hall–Kier alpha value is -2.95. The molecule has 1 aromatic heterocycles. The first-order valence-electron chi connectivity index (χ1n) is 5.99. The minimum Gasteiger partial charge on any atom is -0.507 e. The Morgan fingerprint density at radius 2 is 1.80 bits per heavy atom. The fourth-order valence-electron chi connectivity index (χ4n) is 2.24. The predicted octanol–water partition coefficient (Wildman–Crippen LogP) is 3.52. The van der Waals surface area contributed by atoms with E-state index in [9.17, 15) is 15.2 Å². The second kappa shape index (κ2) is 4.62. The fraction of sp³-hybridized carbons (Fsp3) is 0. The number of rotatable bonds is 2. The maximum atomic E-state index is 11.0. The SMILES string of the molecule is O=[N+]([O-])c1ccc(-c2ccccc2O)c2cccnc12. The molecule has 0 bridgehead atoms. The zero-order valence-electron chi connectivity index (χ0n) is 10.4. The van der Waals surface area contributed by atoms with E-state index in [1.54, 1.807) is 42.5 Å². The number of phenolic OH excluding ortho intramolecular Hbond substituents is 1. The van der Waals surface area contributed by atoms with Gasteiger partial charge in [-0.25, -0.2) is 4.98 Å². The maximum Gasteiger partial charge on any atom is 0.295 e. The Morgan fingerprint density at radius 1 is 1.00 bits per heavy atom. The third kappa shape index (κ3) is 1.85. The number of non-ortho nitro benzene ring substituents is 1. The third-order valence-corrected chi connectivity index (χ3v) is 3.14. The van der Waals surface area contributed by atoms with Gasteiger partial charge in [-0.2, -0.15) is 0 Å². The van der Waals surface area contributed by atoms with Crippen molar-refractivity contribution in [3.05, 3.63) is 64.8 Å². The molecule has 0 amide bonds. The number of phenols is 1. The standard InChI is InChI=1S/C15H10N2O3/c18-14-6-2-1-4-11(14)10-7-8-13(17(19)20)15-12(10)5-3-9-16-15/h1-9,18H. The minimum atomic E-state index is -0.454. The van der Waals surface area contributed by atoms with E-state index in [2.05, 4.69) is 4.98 Å². The Kier molecular flexibility index (Phi) is 2.80. The van der Waals surface area contributed by atoms with Crippen LogP contribution in [0.4, 0.5) is 5.69 Å². The lowest BCUT2D eigenvalue weighted by molar-refractivity contribution is -0.383. The summed E-state index contributed by atoms with van der Waals surface area (Å²) in [6.45, 7) is 0. The lowest BCUT2D eigenvalue weighted by Crippen LogP contribution is -1.93. The van der Waals surface area contributed by atoms with Gasteiger partial charge in [0, 0.05) is 23.2 Å². The molecule has 0 atom stereocenters. The van der Waals surface area contributed by atoms with E-state index in [-0.39, 0.29) is 11.4 Å². The second-order valence-corrected chi connectivity index (χ2v) is 4.31. The van der Waals surface area contributed by atoms with Crippen LogP contribution in [0.25, 0.3) is 22.0 Å². The van der Waals surface area contributed by atoms with E-state index in [0.29, 0.717) is 16.5 Å². The molecule has 3 rings (SSSR count). The Morgan fingerprint density at radius 3 is 2.55 bits per heavy atom. The summed E-state index contributed by atoms with van der Waals surface area (Å²) >= 11 is 0. The lowest BCUT2D eigenvalue weighted by Gasteiger charge is -2.08. The highest BCUT2D eigenvalue weighted by Crippen LogP contribution is 2.36. The monoisotopic (exact) mass is 266 g/mol.